The quantitative estimate of drug-likeness (QED) is 0.376. The van der Waals surface area contributed by atoms with Crippen molar-refractivity contribution in [2.45, 2.75) is 45.1 Å². The molecule has 1 aliphatic carbocycles. The second-order valence-corrected chi connectivity index (χ2v) is 9.88. The van der Waals surface area contributed by atoms with Gasteiger partial charge in [0.25, 0.3) is 5.56 Å². The molecule has 7 heteroatoms. The van der Waals surface area contributed by atoms with E-state index < -0.39 is 0 Å². The lowest BCUT2D eigenvalue weighted by Gasteiger charge is -2.29. The monoisotopic (exact) mass is 490 g/mol. The minimum absolute atomic E-state index is 0.0171. The molecule has 1 aromatic carbocycles. The number of hydrogen-bond donors (Lipinski definition) is 0. The van der Waals surface area contributed by atoms with E-state index >= 15 is 0 Å². The Morgan fingerprint density at radius 3 is 2.58 bits per heavy atom. The number of aromatic nitrogens is 2. The van der Waals surface area contributed by atoms with Gasteiger partial charge in [0.1, 0.15) is 5.75 Å². The second kappa shape index (κ2) is 12.7. The molecule has 1 fully saturated rings. The molecule has 0 aliphatic heterocycles. The lowest BCUT2D eigenvalue weighted by Crippen LogP contribution is -2.40. The van der Waals surface area contributed by atoms with E-state index in [2.05, 4.69) is 9.88 Å². The van der Waals surface area contributed by atoms with Crippen molar-refractivity contribution in [3.8, 4) is 5.75 Å². The van der Waals surface area contributed by atoms with Gasteiger partial charge in [0.15, 0.2) is 0 Å². The Morgan fingerprint density at radius 1 is 1.03 bits per heavy atom. The van der Waals surface area contributed by atoms with Crippen molar-refractivity contribution < 1.29 is 9.53 Å². The highest BCUT2D eigenvalue weighted by atomic mass is 16.5. The van der Waals surface area contributed by atoms with Gasteiger partial charge in [-0.05, 0) is 61.2 Å². The molecule has 192 valence electrons. The van der Waals surface area contributed by atoms with Gasteiger partial charge in [0.2, 0.25) is 5.91 Å². The third-order valence-electron chi connectivity index (χ3n) is 7.22. The molecule has 1 aliphatic rings. The number of rotatable bonds is 11. The molecule has 1 saturated carbocycles. The van der Waals surface area contributed by atoms with Gasteiger partial charge in [-0.3, -0.25) is 19.5 Å². The van der Waals surface area contributed by atoms with E-state index in [0.717, 1.165) is 62.1 Å². The van der Waals surface area contributed by atoms with Crippen LogP contribution in [0.15, 0.2) is 59.7 Å². The summed E-state index contributed by atoms with van der Waals surface area (Å²) in [5, 5.41) is 0.986. The van der Waals surface area contributed by atoms with E-state index in [1.165, 1.54) is 24.8 Å². The zero-order valence-electron chi connectivity index (χ0n) is 21.6. The van der Waals surface area contributed by atoms with Gasteiger partial charge in [-0.25, -0.2) is 0 Å². The molecule has 1 amide bonds. The molecule has 36 heavy (non-hydrogen) atoms. The number of hydrogen-bond acceptors (Lipinski definition) is 5. The number of benzene rings is 1. The molecular formula is C29H38N4O3. The second-order valence-electron chi connectivity index (χ2n) is 9.88. The molecule has 0 atom stereocenters. The van der Waals surface area contributed by atoms with Crippen LogP contribution in [0.1, 0.15) is 44.1 Å². The number of likely N-dealkylation sites (N-methyl/N-ethyl adjacent to an activating group) is 1. The number of pyridine rings is 2. The third-order valence-corrected chi connectivity index (χ3v) is 7.22. The van der Waals surface area contributed by atoms with Crippen LogP contribution in [-0.2, 0) is 18.4 Å². The van der Waals surface area contributed by atoms with Gasteiger partial charge in [-0.2, -0.15) is 0 Å². The van der Waals surface area contributed by atoms with Crippen LogP contribution < -0.4 is 10.3 Å². The lowest BCUT2D eigenvalue weighted by molar-refractivity contribution is -0.135. The van der Waals surface area contributed by atoms with E-state index in [1.54, 1.807) is 17.7 Å². The number of amides is 1. The zero-order valence-corrected chi connectivity index (χ0v) is 21.6. The molecule has 0 saturated heterocycles. The van der Waals surface area contributed by atoms with Crippen LogP contribution in [-0.4, -0.2) is 58.5 Å². The fraction of sp³-hybridized carbons (Fsp3) is 0.483. The van der Waals surface area contributed by atoms with Crippen LogP contribution in [0.2, 0.25) is 0 Å². The maximum Gasteiger partial charge on any atom is 0.250 e. The van der Waals surface area contributed by atoms with Gasteiger partial charge < -0.3 is 14.2 Å². The van der Waals surface area contributed by atoms with Crippen molar-refractivity contribution in [2.24, 2.45) is 13.0 Å². The van der Waals surface area contributed by atoms with Gasteiger partial charge in [0, 0.05) is 70.0 Å². The first kappa shape index (κ1) is 25.9. The number of aryl methyl sites for hydroxylation is 1. The van der Waals surface area contributed by atoms with Crippen LogP contribution in [0.4, 0.5) is 0 Å². The van der Waals surface area contributed by atoms with Gasteiger partial charge >= 0.3 is 0 Å². The van der Waals surface area contributed by atoms with Crippen LogP contribution >= 0.6 is 0 Å². The molecule has 0 radical (unpaired) electrons. The molecule has 2 aromatic heterocycles. The van der Waals surface area contributed by atoms with Crippen molar-refractivity contribution in [1.29, 1.82) is 0 Å². The van der Waals surface area contributed by atoms with Gasteiger partial charge in [-0.15, -0.1) is 0 Å². The van der Waals surface area contributed by atoms with Crippen LogP contribution in [0.25, 0.3) is 10.9 Å². The molecule has 4 rings (SSSR count). The fourth-order valence-corrected chi connectivity index (χ4v) is 5.01. The Hall–Kier alpha value is -3.19. The van der Waals surface area contributed by atoms with E-state index in [1.807, 2.05) is 60.7 Å². The summed E-state index contributed by atoms with van der Waals surface area (Å²) in [6.07, 6.45) is 10.2. The van der Waals surface area contributed by atoms with Crippen molar-refractivity contribution in [2.75, 3.05) is 33.3 Å². The summed E-state index contributed by atoms with van der Waals surface area (Å²) < 4.78 is 7.68. The van der Waals surface area contributed by atoms with Crippen molar-refractivity contribution in [3.63, 3.8) is 0 Å². The molecule has 0 bridgehead atoms. The summed E-state index contributed by atoms with van der Waals surface area (Å²) in [5.74, 6) is 1.31. The molecule has 0 N–H and O–H groups in total. The number of carbonyl (C=O) groups excluding carboxylic acids is 1. The highest BCUT2D eigenvalue weighted by molar-refractivity contribution is 5.80. The summed E-state index contributed by atoms with van der Waals surface area (Å²) in [5.41, 5.74) is 2.09. The van der Waals surface area contributed by atoms with Crippen LogP contribution in [0, 0.1) is 5.92 Å². The normalized spacial score (nSPS) is 14.3. The molecule has 2 heterocycles. The topological polar surface area (TPSA) is 67.7 Å². The first-order valence-corrected chi connectivity index (χ1v) is 13.1. The summed E-state index contributed by atoms with van der Waals surface area (Å²) in [7, 11) is 3.73. The highest BCUT2D eigenvalue weighted by Crippen LogP contribution is 2.25. The maximum absolute atomic E-state index is 12.9. The number of carbonyl (C=O) groups is 1. The molecule has 0 unspecified atom stereocenters. The molecule has 7 nitrogen and oxygen atoms in total. The lowest BCUT2D eigenvalue weighted by atomic mass is 9.88. The van der Waals surface area contributed by atoms with E-state index in [-0.39, 0.29) is 11.5 Å². The Bertz CT molecular complexity index is 1190. The Morgan fingerprint density at radius 2 is 1.81 bits per heavy atom. The average Bonchev–Trinajstić information content (AvgIpc) is 2.92. The molecular weight excluding hydrogens is 452 g/mol. The predicted octanol–water partition coefficient (Wildman–Crippen LogP) is 4.24. The third kappa shape index (κ3) is 6.94. The smallest absolute Gasteiger partial charge is 0.250 e. The number of ether oxygens (including phenoxy) is 1. The Kier molecular flexibility index (Phi) is 9.11. The predicted molar refractivity (Wildman–Crippen MR) is 143 cm³/mol. The van der Waals surface area contributed by atoms with Crippen molar-refractivity contribution >= 4 is 16.8 Å². The van der Waals surface area contributed by atoms with Crippen molar-refractivity contribution in [3.05, 3.63) is 70.8 Å². The van der Waals surface area contributed by atoms with Gasteiger partial charge in [0.05, 0.1) is 12.1 Å². The first-order valence-electron chi connectivity index (χ1n) is 13.1. The van der Waals surface area contributed by atoms with E-state index in [0.29, 0.717) is 12.5 Å². The summed E-state index contributed by atoms with van der Waals surface area (Å²) in [6, 6.07) is 13.3. The maximum atomic E-state index is 12.9. The van der Waals surface area contributed by atoms with E-state index in [4.69, 9.17) is 4.74 Å². The SMILES string of the molecule is CN(CCN(CCCOc1ccc2c(ccc(=O)n2C)c1)Cc1ccncc1)C(=O)C1CCCCC1. The standard InChI is InChI=1S/C29H38N4O3/c1-31(29(35)24-7-4-3-5-8-24)18-19-33(22-23-13-15-30-16-14-23)17-6-20-36-26-10-11-27-25(21-26)9-12-28(34)32(27)2/h9-16,21,24H,3-8,17-20,22H2,1-2H3. The fourth-order valence-electron chi connectivity index (χ4n) is 5.01. The Labute approximate surface area is 213 Å². The van der Waals surface area contributed by atoms with Crippen LogP contribution in [0.3, 0.4) is 0 Å². The Balaban J connectivity index is 1.30. The summed E-state index contributed by atoms with van der Waals surface area (Å²) in [4.78, 5) is 33.2. The first-order chi connectivity index (χ1) is 17.5. The molecule has 0 spiro atoms. The minimum Gasteiger partial charge on any atom is -0.494 e. The number of fused-ring (bicyclic) bond motifs is 1. The summed E-state index contributed by atoms with van der Waals surface area (Å²) >= 11 is 0. The van der Waals surface area contributed by atoms with Crippen LogP contribution in [0.5, 0.6) is 5.75 Å². The van der Waals surface area contributed by atoms with Gasteiger partial charge in [-0.1, -0.05) is 19.3 Å². The average molecular weight is 491 g/mol. The van der Waals surface area contributed by atoms with Crippen molar-refractivity contribution in [1.82, 2.24) is 19.4 Å². The highest BCUT2D eigenvalue weighted by Gasteiger charge is 2.24. The largest absolute Gasteiger partial charge is 0.494 e. The van der Waals surface area contributed by atoms with E-state index in [9.17, 15) is 9.59 Å². The number of nitrogens with zero attached hydrogens (tertiary/aromatic N) is 4. The minimum atomic E-state index is -0.0171. The zero-order chi connectivity index (χ0) is 25.3. The molecule has 3 aromatic rings. The summed E-state index contributed by atoms with van der Waals surface area (Å²) in [6.45, 7) is 3.83.